The van der Waals surface area contributed by atoms with Gasteiger partial charge in [0.05, 0.1) is 5.41 Å². The number of benzene rings is 1. The summed E-state index contributed by atoms with van der Waals surface area (Å²) >= 11 is 0. The van der Waals surface area contributed by atoms with Crippen molar-refractivity contribution in [3.63, 3.8) is 0 Å². The van der Waals surface area contributed by atoms with Crippen molar-refractivity contribution >= 4 is 17.3 Å². The van der Waals surface area contributed by atoms with E-state index >= 15 is 0 Å². The van der Waals surface area contributed by atoms with Crippen molar-refractivity contribution in [2.24, 2.45) is 11.1 Å². The number of carbonyl (C=O) groups is 1. The van der Waals surface area contributed by atoms with E-state index in [1.54, 1.807) is 0 Å². The van der Waals surface area contributed by atoms with Crippen LogP contribution in [0.5, 0.6) is 0 Å². The molecule has 1 heterocycles. The lowest BCUT2D eigenvalue weighted by atomic mass is 9.81. The maximum atomic E-state index is 12.5. The Morgan fingerprint density at radius 1 is 1.17 bits per heavy atom. The van der Waals surface area contributed by atoms with Crippen molar-refractivity contribution in [1.29, 1.82) is 0 Å². The predicted octanol–water partition coefficient (Wildman–Crippen LogP) is 2.98. The highest BCUT2D eigenvalue weighted by molar-refractivity contribution is 5.95. The molecule has 1 aliphatic heterocycles. The van der Waals surface area contributed by atoms with Crippen molar-refractivity contribution in [3.8, 4) is 0 Å². The Labute approximate surface area is 139 Å². The molecule has 0 bridgehead atoms. The summed E-state index contributed by atoms with van der Waals surface area (Å²) in [7, 11) is 0. The number of rotatable bonds is 7. The molecular weight excluding hydrogens is 290 g/mol. The van der Waals surface area contributed by atoms with E-state index in [0.29, 0.717) is 12.6 Å². The number of ether oxygens (including phenoxy) is 1. The lowest BCUT2D eigenvalue weighted by Gasteiger charge is -2.28. The SMILES string of the molecule is CCC(CC)(CN)C(=O)Nc1ccc(NC2CCOCC2)cc1. The fourth-order valence-electron chi connectivity index (χ4n) is 2.94. The first-order chi connectivity index (χ1) is 11.1. The number of amides is 1. The van der Waals surface area contributed by atoms with Gasteiger partial charge in [-0.3, -0.25) is 4.79 Å². The van der Waals surface area contributed by atoms with Crippen LogP contribution < -0.4 is 16.4 Å². The van der Waals surface area contributed by atoms with Gasteiger partial charge >= 0.3 is 0 Å². The summed E-state index contributed by atoms with van der Waals surface area (Å²) in [5.41, 5.74) is 7.24. The molecule has 128 valence electrons. The van der Waals surface area contributed by atoms with Crippen molar-refractivity contribution in [1.82, 2.24) is 0 Å². The average molecular weight is 319 g/mol. The molecule has 1 saturated heterocycles. The second kappa shape index (κ2) is 8.31. The number of nitrogens with one attached hydrogen (secondary N) is 2. The van der Waals surface area contributed by atoms with E-state index in [2.05, 4.69) is 10.6 Å². The molecule has 0 saturated carbocycles. The van der Waals surface area contributed by atoms with Crippen LogP contribution in [-0.2, 0) is 9.53 Å². The second-order valence-corrected chi connectivity index (χ2v) is 6.25. The molecule has 0 aromatic heterocycles. The molecule has 4 N–H and O–H groups in total. The summed E-state index contributed by atoms with van der Waals surface area (Å²) in [6.45, 7) is 6.03. The predicted molar refractivity (Wildman–Crippen MR) is 94.6 cm³/mol. The molecule has 1 amide bonds. The zero-order valence-electron chi connectivity index (χ0n) is 14.2. The fourth-order valence-corrected chi connectivity index (χ4v) is 2.94. The van der Waals surface area contributed by atoms with Gasteiger partial charge in [-0.2, -0.15) is 0 Å². The summed E-state index contributed by atoms with van der Waals surface area (Å²) in [4.78, 5) is 12.5. The summed E-state index contributed by atoms with van der Waals surface area (Å²) in [5.74, 6) is 0.00939. The Balaban J connectivity index is 1.95. The number of hydrogen-bond acceptors (Lipinski definition) is 4. The van der Waals surface area contributed by atoms with Gasteiger partial charge in [0.2, 0.25) is 5.91 Å². The van der Waals surface area contributed by atoms with Crippen molar-refractivity contribution in [2.45, 2.75) is 45.6 Å². The third kappa shape index (κ3) is 4.45. The summed E-state index contributed by atoms with van der Waals surface area (Å²) in [5, 5.41) is 6.51. The first kappa shape index (κ1) is 17.8. The van der Waals surface area contributed by atoms with Crippen LogP contribution in [0, 0.1) is 5.41 Å². The van der Waals surface area contributed by atoms with Gasteiger partial charge in [0, 0.05) is 37.2 Å². The third-order valence-corrected chi connectivity index (χ3v) is 4.96. The molecule has 5 nitrogen and oxygen atoms in total. The topological polar surface area (TPSA) is 76.4 Å². The minimum Gasteiger partial charge on any atom is -0.382 e. The molecule has 0 unspecified atom stereocenters. The van der Waals surface area contributed by atoms with E-state index in [4.69, 9.17) is 10.5 Å². The highest BCUT2D eigenvalue weighted by Gasteiger charge is 2.33. The maximum absolute atomic E-state index is 12.5. The van der Waals surface area contributed by atoms with E-state index in [0.717, 1.165) is 50.3 Å². The molecule has 0 radical (unpaired) electrons. The highest BCUT2D eigenvalue weighted by atomic mass is 16.5. The Bertz CT molecular complexity index is 483. The molecule has 1 aromatic carbocycles. The molecule has 1 fully saturated rings. The van der Waals surface area contributed by atoms with Gasteiger partial charge in [-0.15, -0.1) is 0 Å². The van der Waals surface area contributed by atoms with Crippen LogP contribution in [0.4, 0.5) is 11.4 Å². The van der Waals surface area contributed by atoms with Crippen molar-refractivity contribution < 1.29 is 9.53 Å². The zero-order chi connectivity index (χ0) is 16.7. The van der Waals surface area contributed by atoms with Gasteiger partial charge in [0.25, 0.3) is 0 Å². The van der Waals surface area contributed by atoms with Crippen LogP contribution >= 0.6 is 0 Å². The Morgan fingerprint density at radius 3 is 2.26 bits per heavy atom. The highest BCUT2D eigenvalue weighted by Crippen LogP contribution is 2.27. The van der Waals surface area contributed by atoms with Crippen LogP contribution in [0.2, 0.25) is 0 Å². The smallest absolute Gasteiger partial charge is 0.231 e. The van der Waals surface area contributed by atoms with E-state index < -0.39 is 5.41 Å². The quantitative estimate of drug-likeness (QED) is 0.722. The largest absolute Gasteiger partial charge is 0.382 e. The van der Waals surface area contributed by atoms with Gasteiger partial charge < -0.3 is 21.1 Å². The first-order valence-corrected chi connectivity index (χ1v) is 8.59. The molecule has 0 aliphatic carbocycles. The molecule has 1 aliphatic rings. The Morgan fingerprint density at radius 2 is 1.74 bits per heavy atom. The van der Waals surface area contributed by atoms with Gasteiger partial charge in [-0.1, -0.05) is 13.8 Å². The van der Waals surface area contributed by atoms with Crippen LogP contribution in [0.25, 0.3) is 0 Å². The van der Waals surface area contributed by atoms with Crippen LogP contribution in [0.15, 0.2) is 24.3 Å². The normalized spacial score (nSPS) is 16.1. The second-order valence-electron chi connectivity index (χ2n) is 6.25. The van der Waals surface area contributed by atoms with Crippen molar-refractivity contribution in [2.75, 3.05) is 30.4 Å². The average Bonchev–Trinajstić information content (AvgIpc) is 2.60. The van der Waals surface area contributed by atoms with Crippen molar-refractivity contribution in [3.05, 3.63) is 24.3 Å². The monoisotopic (exact) mass is 319 g/mol. The summed E-state index contributed by atoms with van der Waals surface area (Å²) < 4.78 is 5.37. The molecule has 23 heavy (non-hydrogen) atoms. The van der Waals surface area contributed by atoms with Gasteiger partial charge in [0.15, 0.2) is 0 Å². The maximum Gasteiger partial charge on any atom is 0.231 e. The molecule has 0 spiro atoms. The number of nitrogens with two attached hydrogens (primary N) is 1. The zero-order valence-corrected chi connectivity index (χ0v) is 14.2. The summed E-state index contributed by atoms with van der Waals surface area (Å²) in [6.07, 6.45) is 3.56. The molecule has 1 aromatic rings. The molecule has 2 rings (SSSR count). The lowest BCUT2D eigenvalue weighted by molar-refractivity contribution is -0.125. The Kier molecular flexibility index (Phi) is 6.42. The standard InChI is InChI=1S/C18H29N3O2/c1-3-18(4-2,13-19)17(22)21-15-7-5-14(6-8-15)20-16-9-11-23-12-10-16/h5-8,16,20H,3-4,9-13,19H2,1-2H3,(H,21,22). The molecule has 0 atom stereocenters. The first-order valence-electron chi connectivity index (χ1n) is 8.59. The molecule has 5 heteroatoms. The number of hydrogen-bond donors (Lipinski definition) is 3. The van der Waals surface area contributed by atoms with E-state index in [9.17, 15) is 4.79 Å². The molecular formula is C18H29N3O2. The van der Waals surface area contributed by atoms with E-state index in [1.165, 1.54) is 0 Å². The third-order valence-electron chi connectivity index (χ3n) is 4.96. The lowest BCUT2D eigenvalue weighted by Crippen LogP contribution is -2.41. The van der Waals surface area contributed by atoms with E-state index in [1.807, 2.05) is 38.1 Å². The van der Waals surface area contributed by atoms with E-state index in [-0.39, 0.29) is 5.91 Å². The Hall–Kier alpha value is -1.59. The minimum absolute atomic E-state index is 0.00939. The van der Waals surface area contributed by atoms with Gasteiger partial charge in [0.1, 0.15) is 0 Å². The van der Waals surface area contributed by atoms with Crippen LogP contribution in [-0.4, -0.2) is 31.7 Å². The van der Waals surface area contributed by atoms with Gasteiger partial charge in [-0.25, -0.2) is 0 Å². The number of carbonyl (C=O) groups excluding carboxylic acids is 1. The van der Waals surface area contributed by atoms with Crippen LogP contribution in [0.1, 0.15) is 39.5 Å². The number of anilines is 2. The fraction of sp³-hybridized carbons (Fsp3) is 0.611. The summed E-state index contributed by atoms with van der Waals surface area (Å²) in [6, 6.07) is 8.35. The minimum atomic E-state index is -0.473. The van der Waals surface area contributed by atoms with Crippen LogP contribution in [0.3, 0.4) is 0 Å². The van der Waals surface area contributed by atoms with Gasteiger partial charge in [-0.05, 0) is 49.9 Å².